The van der Waals surface area contributed by atoms with E-state index in [1.165, 1.54) is 76.2 Å². The fraction of sp³-hybridized carbons (Fsp3) is 0.808. The standard InChI is InChI=1S/C26H44N2O/c1-5-15-26(3)24(14-18-29-4)13-12-23-10-6-8-22(9-7-11-25(23)26)21(2)19-28-17-16-27-20-28/h16-17,20,22-25H,2,5-15,18-19H2,1,3-4H3. The molecule has 164 valence electrons. The van der Waals surface area contributed by atoms with Crippen LogP contribution in [0.2, 0.25) is 0 Å². The van der Waals surface area contributed by atoms with Crippen LogP contribution in [-0.2, 0) is 11.3 Å². The van der Waals surface area contributed by atoms with Crippen LogP contribution >= 0.6 is 0 Å². The average Bonchev–Trinajstić information content (AvgIpc) is 3.23. The molecule has 1 aromatic rings. The zero-order valence-corrected chi connectivity index (χ0v) is 19.2. The first kappa shape index (κ1) is 22.6. The van der Waals surface area contributed by atoms with E-state index in [4.69, 9.17) is 4.74 Å². The lowest BCUT2D eigenvalue weighted by Gasteiger charge is -2.52. The number of ether oxygens (including phenoxy) is 1. The molecule has 0 aromatic carbocycles. The molecule has 2 aliphatic rings. The van der Waals surface area contributed by atoms with E-state index in [0.29, 0.717) is 11.3 Å². The molecular formula is C26H44N2O. The van der Waals surface area contributed by atoms with E-state index >= 15 is 0 Å². The second kappa shape index (κ2) is 10.8. The third-order valence-corrected chi connectivity index (χ3v) is 8.41. The summed E-state index contributed by atoms with van der Waals surface area (Å²) in [5.41, 5.74) is 1.91. The van der Waals surface area contributed by atoms with Gasteiger partial charge >= 0.3 is 0 Å². The molecule has 3 rings (SSSR count). The van der Waals surface area contributed by atoms with Gasteiger partial charge in [0, 0.05) is 32.7 Å². The summed E-state index contributed by atoms with van der Waals surface area (Å²) >= 11 is 0. The summed E-state index contributed by atoms with van der Waals surface area (Å²) in [5, 5.41) is 0. The van der Waals surface area contributed by atoms with Gasteiger partial charge in [0.1, 0.15) is 0 Å². The molecule has 1 aromatic heterocycles. The molecule has 1 heterocycles. The van der Waals surface area contributed by atoms with Crippen molar-refractivity contribution in [1.82, 2.24) is 9.55 Å². The molecule has 0 amide bonds. The largest absolute Gasteiger partial charge is 0.385 e. The Morgan fingerprint density at radius 3 is 2.66 bits per heavy atom. The lowest BCUT2D eigenvalue weighted by atomic mass is 9.53. The van der Waals surface area contributed by atoms with Crippen LogP contribution in [0.1, 0.15) is 84.5 Å². The van der Waals surface area contributed by atoms with Gasteiger partial charge in [-0.1, -0.05) is 51.7 Å². The molecule has 29 heavy (non-hydrogen) atoms. The van der Waals surface area contributed by atoms with Crippen molar-refractivity contribution < 1.29 is 4.74 Å². The topological polar surface area (TPSA) is 27.1 Å². The molecule has 0 saturated heterocycles. The summed E-state index contributed by atoms with van der Waals surface area (Å²) in [7, 11) is 1.86. The van der Waals surface area contributed by atoms with Gasteiger partial charge in [0.25, 0.3) is 0 Å². The monoisotopic (exact) mass is 400 g/mol. The molecule has 5 atom stereocenters. The van der Waals surface area contributed by atoms with Crippen LogP contribution in [0.25, 0.3) is 0 Å². The zero-order chi connectivity index (χ0) is 20.7. The van der Waals surface area contributed by atoms with E-state index in [2.05, 4.69) is 36.2 Å². The Morgan fingerprint density at radius 1 is 1.17 bits per heavy atom. The summed E-state index contributed by atoms with van der Waals surface area (Å²) in [6, 6.07) is 0. The molecule has 0 aliphatic heterocycles. The van der Waals surface area contributed by atoms with Gasteiger partial charge in [-0.05, 0) is 74.0 Å². The maximum atomic E-state index is 5.48. The van der Waals surface area contributed by atoms with Crippen LogP contribution in [0.3, 0.4) is 0 Å². The van der Waals surface area contributed by atoms with E-state index in [-0.39, 0.29) is 0 Å². The van der Waals surface area contributed by atoms with Gasteiger partial charge in [-0.25, -0.2) is 4.98 Å². The van der Waals surface area contributed by atoms with Gasteiger partial charge in [0.05, 0.1) is 6.33 Å². The Kier molecular flexibility index (Phi) is 8.41. The lowest BCUT2D eigenvalue weighted by molar-refractivity contribution is -0.0323. The van der Waals surface area contributed by atoms with Gasteiger partial charge in [-0.2, -0.15) is 0 Å². The molecule has 0 N–H and O–H groups in total. The van der Waals surface area contributed by atoms with Crippen molar-refractivity contribution in [3.05, 3.63) is 30.9 Å². The SMILES string of the molecule is C=C(Cn1ccnc1)C1CCCC2CCC(CCOC)C(C)(CCC)C2CCC1. The normalized spacial score (nSPS) is 33.3. The molecule has 0 bridgehead atoms. The van der Waals surface area contributed by atoms with Crippen molar-refractivity contribution >= 4 is 0 Å². The molecule has 3 heteroatoms. The van der Waals surface area contributed by atoms with Crippen molar-refractivity contribution in [3.8, 4) is 0 Å². The highest BCUT2D eigenvalue weighted by atomic mass is 16.5. The Balaban J connectivity index is 1.67. The van der Waals surface area contributed by atoms with Gasteiger partial charge in [-0.15, -0.1) is 0 Å². The van der Waals surface area contributed by atoms with Crippen LogP contribution < -0.4 is 0 Å². The molecule has 0 radical (unpaired) electrons. The molecule has 5 unspecified atom stereocenters. The number of imidazole rings is 1. The van der Waals surface area contributed by atoms with Crippen LogP contribution in [0.5, 0.6) is 0 Å². The number of hydrogen-bond acceptors (Lipinski definition) is 2. The highest BCUT2D eigenvalue weighted by molar-refractivity contribution is 5.03. The second-order valence-electron chi connectivity index (χ2n) is 10.1. The molecule has 2 saturated carbocycles. The molecule has 2 fully saturated rings. The predicted molar refractivity (Wildman–Crippen MR) is 122 cm³/mol. The van der Waals surface area contributed by atoms with Gasteiger partial charge in [0.15, 0.2) is 0 Å². The summed E-state index contributed by atoms with van der Waals surface area (Å²) in [5.74, 6) is 3.36. The first-order chi connectivity index (χ1) is 14.1. The summed E-state index contributed by atoms with van der Waals surface area (Å²) in [6.07, 6.45) is 20.9. The fourth-order valence-electron chi connectivity index (χ4n) is 6.87. The van der Waals surface area contributed by atoms with E-state index in [0.717, 1.165) is 30.9 Å². The van der Waals surface area contributed by atoms with Gasteiger partial charge in [-0.3, -0.25) is 0 Å². The second-order valence-corrected chi connectivity index (χ2v) is 10.1. The molecule has 3 nitrogen and oxygen atoms in total. The lowest BCUT2D eigenvalue weighted by Crippen LogP contribution is -2.44. The highest BCUT2D eigenvalue weighted by Gasteiger charge is 2.46. The molecule has 2 aliphatic carbocycles. The summed E-state index contributed by atoms with van der Waals surface area (Å²) in [6.45, 7) is 11.4. The summed E-state index contributed by atoms with van der Waals surface area (Å²) < 4.78 is 7.66. The Bertz CT molecular complexity index is 610. The number of methoxy groups -OCH3 is 1. The quantitative estimate of drug-likeness (QED) is 0.444. The van der Waals surface area contributed by atoms with Crippen molar-refractivity contribution in [2.45, 2.75) is 91.0 Å². The number of aromatic nitrogens is 2. The maximum Gasteiger partial charge on any atom is 0.0948 e. The number of nitrogens with zero attached hydrogens (tertiary/aromatic N) is 2. The van der Waals surface area contributed by atoms with E-state index < -0.39 is 0 Å². The third-order valence-electron chi connectivity index (χ3n) is 8.41. The highest BCUT2D eigenvalue weighted by Crippen LogP contribution is 2.55. The van der Waals surface area contributed by atoms with Crippen LogP contribution in [0, 0.1) is 29.1 Å². The Labute approximate surface area is 179 Å². The Hall–Kier alpha value is -1.09. The van der Waals surface area contributed by atoms with E-state index in [9.17, 15) is 0 Å². The minimum Gasteiger partial charge on any atom is -0.385 e. The fourth-order valence-corrected chi connectivity index (χ4v) is 6.87. The van der Waals surface area contributed by atoms with Crippen molar-refractivity contribution in [2.24, 2.45) is 29.1 Å². The van der Waals surface area contributed by atoms with Gasteiger partial charge < -0.3 is 9.30 Å². The number of rotatable bonds is 8. The first-order valence-electron chi connectivity index (χ1n) is 12.2. The van der Waals surface area contributed by atoms with Gasteiger partial charge in [0.2, 0.25) is 0 Å². The van der Waals surface area contributed by atoms with Crippen molar-refractivity contribution in [2.75, 3.05) is 13.7 Å². The van der Waals surface area contributed by atoms with E-state index in [1.807, 2.05) is 19.6 Å². The molecular weight excluding hydrogens is 356 g/mol. The number of fused-ring (bicyclic) bond motifs is 1. The molecule has 0 spiro atoms. The number of hydrogen-bond donors (Lipinski definition) is 0. The number of allylic oxidation sites excluding steroid dienone is 1. The van der Waals surface area contributed by atoms with Crippen LogP contribution in [0.4, 0.5) is 0 Å². The Morgan fingerprint density at radius 2 is 1.97 bits per heavy atom. The maximum absolute atomic E-state index is 5.48. The van der Waals surface area contributed by atoms with Crippen molar-refractivity contribution in [1.29, 1.82) is 0 Å². The van der Waals surface area contributed by atoms with E-state index in [1.54, 1.807) is 0 Å². The minimum absolute atomic E-state index is 0.504. The zero-order valence-electron chi connectivity index (χ0n) is 19.2. The van der Waals surface area contributed by atoms with Crippen LogP contribution in [-0.4, -0.2) is 23.3 Å². The smallest absolute Gasteiger partial charge is 0.0948 e. The predicted octanol–water partition coefficient (Wildman–Crippen LogP) is 6.90. The first-order valence-corrected chi connectivity index (χ1v) is 12.2. The third kappa shape index (κ3) is 5.54. The average molecular weight is 401 g/mol. The summed E-state index contributed by atoms with van der Waals surface area (Å²) in [4.78, 5) is 4.19. The minimum atomic E-state index is 0.504. The van der Waals surface area contributed by atoms with Crippen molar-refractivity contribution in [3.63, 3.8) is 0 Å². The van der Waals surface area contributed by atoms with Crippen LogP contribution in [0.15, 0.2) is 30.9 Å².